The molecule has 0 saturated carbocycles. The third-order valence-electron chi connectivity index (χ3n) is 3.05. The molecule has 0 heterocycles. The molecular weight excluding hydrogens is 352 g/mol. The molecule has 2 aromatic rings. The molecule has 112 valence electrons. The molecule has 3 nitrogen and oxygen atoms in total. The van der Waals surface area contributed by atoms with Gasteiger partial charge in [-0.1, -0.05) is 45.8 Å². The SMILES string of the molecule is Cc1ccc(S(=O)(=O)OCCCc2cccc(Br)c2)cc1. The van der Waals surface area contributed by atoms with Crippen molar-refractivity contribution in [1.82, 2.24) is 0 Å². The average Bonchev–Trinajstić information content (AvgIpc) is 2.44. The molecule has 0 bridgehead atoms. The predicted molar refractivity (Wildman–Crippen MR) is 86.8 cm³/mol. The Hall–Kier alpha value is -1.17. The largest absolute Gasteiger partial charge is 0.296 e. The van der Waals surface area contributed by atoms with Gasteiger partial charge < -0.3 is 0 Å². The Morgan fingerprint density at radius 3 is 2.48 bits per heavy atom. The van der Waals surface area contributed by atoms with Crippen LogP contribution < -0.4 is 0 Å². The highest BCUT2D eigenvalue weighted by molar-refractivity contribution is 9.10. The highest BCUT2D eigenvalue weighted by Crippen LogP contribution is 2.15. The van der Waals surface area contributed by atoms with E-state index in [9.17, 15) is 8.42 Å². The van der Waals surface area contributed by atoms with Crippen LogP contribution in [0.5, 0.6) is 0 Å². The van der Waals surface area contributed by atoms with E-state index in [1.807, 2.05) is 31.2 Å². The molecule has 2 aromatic carbocycles. The van der Waals surface area contributed by atoms with Gasteiger partial charge >= 0.3 is 0 Å². The molecule has 5 heteroatoms. The van der Waals surface area contributed by atoms with Gasteiger partial charge in [-0.25, -0.2) is 0 Å². The Morgan fingerprint density at radius 2 is 1.81 bits per heavy atom. The number of halogens is 1. The van der Waals surface area contributed by atoms with Crippen LogP contribution in [0.25, 0.3) is 0 Å². The first-order valence-electron chi connectivity index (χ1n) is 6.68. The standard InChI is InChI=1S/C16H17BrO3S/c1-13-7-9-16(10-8-13)21(18,19)20-11-3-5-14-4-2-6-15(17)12-14/h2,4,6-10,12H,3,5,11H2,1H3. The fraction of sp³-hybridized carbons (Fsp3) is 0.250. The maximum atomic E-state index is 12.0. The Kier molecular flexibility index (Phi) is 5.56. The molecule has 0 saturated heterocycles. The molecule has 2 rings (SSSR count). The highest BCUT2D eigenvalue weighted by Gasteiger charge is 2.14. The van der Waals surface area contributed by atoms with Gasteiger partial charge in [0.2, 0.25) is 0 Å². The van der Waals surface area contributed by atoms with E-state index >= 15 is 0 Å². The quantitative estimate of drug-likeness (QED) is 0.569. The lowest BCUT2D eigenvalue weighted by molar-refractivity contribution is 0.312. The van der Waals surface area contributed by atoms with Gasteiger partial charge in [-0.3, -0.25) is 4.18 Å². The van der Waals surface area contributed by atoms with Gasteiger partial charge in [-0.05, 0) is 49.6 Å². The maximum Gasteiger partial charge on any atom is 0.296 e. The predicted octanol–water partition coefficient (Wildman–Crippen LogP) is 4.10. The fourth-order valence-corrected chi connectivity index (χ4v) is 3.30. The minimum Gasteiger partial charge on any atom is -0.266 e. The van der Waals surface area contributed by atoms with E-state index in [0.717, 1.165) is 22.0 Å². The first-order valence-corrected chi connectivity index (χ1v) is 8.88. The van der Waals surface area contributed by atoms with Gasteiger partial charge in [-0.2, -0.15) is 8.42 Å². The van der Waals surface area contributed by atoms with Crippen LogP contribution in [-0.4, -0.2) is 15.0 Å². The molecule has 0 aromatic heterocycles. The second-order valence-corrected chi connectivity index (χ2v) is 7.35. The summed E-state index contributed by atoms with van der Waals surface area (Å²) >= 11 is 3.41. The molecule has 0 amide bonds. The molecule has 21 heavy (non-hydrogen) atoms. The van der Waals surface area contributed by atoms with Crippen LogP contribution in [0.2, 0.25) is 0 Å². The molecule has 0 radical (unpaired) electrons. The van der Waals surface area contributed by atoms with E-state index in [2.05, 4.69) is 15.9 Å². The second-order valence-electron chi connectivity index (χ2n) is 4.82. The molecule has 0 aliphatic carbocycles. The summed E-state index contributed by atoms with van der Waals surface area (Å²) < 4.78 is 30.0. The van der Waals surface area contributed by atoms with Crippen LogP contribution in [0.4, 0.5) is 0 Å². The van der Waals surface area contributed by atoms with Crippen LogP contribution >= 0.6 is 15.9 Å². The smallest absolute Gasteiger partial charge is 0.266 e. The van der Waals surface area contributed by atoms with Gasteiger partial charge in [0.1, 0.15) is 0 Å². The van der Waals surface area contributed by atoms with Gasteiger partial charge in [0, 0.05) is 4.47 Å². The first-order chi connectivity index (χ1) is 9.97. The lowest BCUT2D eigenvalue weighted by Gasteiger charge is -2.06. The number of rotatable bonds is 6. The van der Waals surface area contributed by atoms with E-state index in [1.54, 1.807) is 24.3 Å². The summed E-state index contributed by atoms with van der Waals surface area (Å²) in [6.45, 7) is 2.10. The molecule has 0 N–H and O–H groups in total. The normalized spacial score (nSPS) is 11.5. The van der Waals surface area contributed by atoms with E-state index in [4.69, 9.17) is 4.18 Å². The Labute approximate surface area is 134 Å². The average molecular weight is 369 g/mol. The monoisotopic (exact) mass is 368 g/mol. The summed E-state index contributed by atoms with van der Waals surface area (Å²) in [5.41, 5.74) is 2.17. The van der Waals surface area contributed by atoms with Gasteiger partial charge in [0.05, 0.1) is 11.5 Å². The molecule has 0 fully saturated rings. The second kappa shape index (κ2) is 7.20. The van der Waals surface area contributed by atoms with Crippen LogP contribution in [0.15, 0.2) is 57.9 Å². The van der Waals surface area contributed by atoms with Crippen molar-refractivity contribution in [1.29, 1.82) is 0 Å². The Morgan fingerprint density at radius 1 is 1.10 bits per heavy atom. The minimum atomic E-state index is -3.65. The van der Waals surface area contributed by atoms with Crippen LogP contribution in [0.1, 0.15) is 17.5 Å². The van der Waals surface area contributed by atoms with Crippen LogP contribution in [-0.2, 0) is 20.7 Å². The molecule has 0 unspecified atom stereocenters. The summed E-state index contributed by atoms with van der Waals surface area (Å²) in [5.74, 6) is 0. The lowest BCUT2D eigenvalue weighted by Crippen LogP contribution is -2.08. The summed E-state index contributed by atoms with van der Waals surface area (Å²) in [6, 6.07) is 14.6. The van der Waals surface area contributed by atoms with Crippen molar-refractivity contribution in [3.63, 3.8) is 0 Å². The summed E-state index contributed by atoms with van der Waals surface area (Å²) in [6.07, 6.45) is 1.43. The van der Waals surface area contributed by atoms with Crippen molar-refractivity contribution < 1.29 is 12.6 Å². The molecule has 0 aliphatic rings. The zero-order valence-electron chi connectivity index (χ0n) is 11.8. The van der Waals surface area contributed by atoms with Crippen LogP contribution in [0, 0.1) is 6.92 Å². The fourth-order valence-electron chi connectivity index (χ4n) is 1.91. The zero-order chi connectivity index (χ0) is 15.3. The highest BCUT2D eigenvalue weighted by atomic mass is 79.9. The van der Waals surface area contributed by atoms with E-state index < -0.39 is 10.1 Å². The Bertz CT molecular complexity index is 694. The van der Waals surface area contributed by atoms with E-state index in [0.29, 0.717) is 6.42 Å². The van der Waals surface area contributed by atoms with Crippen molar-refractivity contribution in [2.75, 3.05) is 6.61 Å². The summed E-state index contributed by atoms with van der Waals surface area (Å²) in [5, 5.41) is 0. The maximum absolute atomic E-state index is 12.0. The van der Waals surface area contributed by atoms with Crippen molar-refractivity contribution in [2.24, 2.45) is 0 Å². The van der Waals surface area contributed by atoms with Crippen molar-refractivity contribution >= 4 is 26.0 Å². The van der Waals surface area contributed by atoms with Gasteiger partial charge in [0.25, 0.3) is 10.1 Å². The number of hydrogen-bond donors (Lipinski definition) is 0. The number of benzene rings is 2. The minimum absolute atomic E-state index is 0.183. The third kappa shape index (κ3) is 4.95. The third-order valence-corrected chi connectivity index (χ3v) is 4.87. The van der Waals surface area contributed by atoms with E-state index in [-0.39, 0.29) is 11.5 Å². The number of hydrogen-bond acceptors (Lipinski definition) is 3. The lowest BCUT2D eigenvalue weighted by atomic mass is 10.1. The van der Waals surface area contributed by atoms with Crippen molar-refractivity contribution in [3.05, 3.63) is 64.1 Å². The molecular formula is C16H17BrO3S. The summed E-state index contributed by atoms with van der Waals surface area (Å²) in [4.78, 5) is 0.204. The van der Waals surface area contributed by atoms with Gasteiger partial charge in [0.15, 0.2) is 0 Å². The zero-order valence-corrected chi connectivity index (χ0v) is 14.2. The van der Waals surface area contributed by atoms with Crippen molar-refractivity contribution in [2.45, 2.75) is 24.7 Å². The van der Waals surface area contributed by atoms with Gasteiger partial charge in [-0.15, -0.1) is 0 Å². The molecule has 0 spiro atoms. The summed E-state index contributed by atoms with van der Waals surface area (Å²) in [7, 11) is -3.65. The Balaban J connectivity index is 1.86. The first kappa shape index (κ1) is 16.2. The molecule has 0 atom stereocenters. The van der Waals surface area contributed by atoms with E-state index in [1.165, 1.54) is 0 Å². The topological polar surface area (TPSA) is 43.4 Å². The van der Waals surface area contributed by atoms with Crippen LogP contribution in [0.3, 0.4) is 0 Å². The number of aryl methyl sites for hydroxylation is 2. The molecule has 0 aliphatic heterocycles. The van der Waals surface area contributed by atoms with Crippen molar-refractivity contribution in [3.8, 4) is 0 Å².